The number of hydrogen-bond acceptors (Lipinski definition) is 3. The molecule has 1 atom stereocenters. The van der Waals surface area contributed by atoms with E-state index in [1.165, 1.54) is 24.1 Å². The van der Waals surface area contributed by atoms with Gasteiger partial charge in [0.25, 0.3) is 0 Å². The SMILES string of the molecule is Cc1nn(CC2CCCO2)c(C)c1CNCC(C)C. The molecule has 4 heteroatoms. The molecule has 108 valence electrons. The van der Waals surface area contributed by atoms with Gasteiger partial charge < -0.3 is 10.1 Å². The summed E-state index contributed by atoms with van der Waals surface area (Å²) in [6, 6.07) is 0. The molecule has 0 saturated carbocycles. The fourth-order valence-corrected chi connectivity index (χ4v) is 2.63. The number of aryl methyl sites for hydroxylation is 1. The lowest BCUT2D eigenvalue weighted by Crippen LogP contribution is -2.20. The fraction of sp³-hybridized carbons (Fsp3) is 0.800. The standard InChI is InChI=1S/C15H27N3O/c1-11(2)8-16-9-15-12(3)17-18(13(15)4)10-14-6-5-7-19-14/h11,14,16H,5-10H2,1-4H3. The molecule has 0 spiro atoms. The van der Waals surface area contributed by atoms with Crippen molar-refractivity contribution in [1.29, 1.82) is 0 Å². The molecule has 0 aromatic carbocycles. The molecule has 4 nitrogen and oxygen atoms in total. The van der Waals surface area contributed by atoms with Crippen LogP contribution in [0.4, 0.5) is 0 Å². The molecule has 1 unspecified atom stereocenters. The summed E-state index contributed by atoms with van der Waals surface area (Å²) in [6.45, 7) is 12.5. The van der Waals surface area contributed by atoms with Gasteiger partial charge in [-0.1, -0.05) is 13.8 Å². The maximum atomic E-state index is 5.70. The lowest BCUT2D eigenvalue weighted by molar-refractivity contribution is 0.0933. The maximum Gasteiger partial charge on any atom is 0.0771 e. The molecule has 1 aromatic rings. The predicted octanol–water partition coefficient (Wildman–Crippen LogP) is 2.42. The first-order valence-corrected chi connectivity index (χ1v) is 7.43. The molecular weight excluding hydrogens is 238 g/mol. The summed E-state index contributed by atoms with van der Waals surface area (Å²) in [5.41, 5.74) is 3.77. The zero-order chi connectivity index (χ0) is 13.8. The van der Waals surface area contributed by atoms with Crippen LogP contribution < -0.4 is 5.32 Å². The van der Waals surface area contributed by atoms with Gasteiger partial charge in [-0.05, 0) is 39.2 Å². The number of aromatic nitrogens is 2. The van der Waals surface area contributed by atoms with Crippen molar-refractivity contribution < 1.29 is 4.74 Å². The van der Waals surface area contributed by atoms with Crippen LogP contribution in [0.25, 0.3) is 0 Å². The Morgan fingerprint density at radius 3 is 2.84 bits per heavy atom. The molecule has 2 rings (SSSR count). The number of rotatable bonds is 6. The highest BCUT2D eigenvalue weighted by Crippen LogP contribution is 2.18. The van der Waals surface area contributed by atoms with Gasteiger partial charge >= 0.3 is 0 Å². The van der Waals surface area contributed by atoms with Gasteiger partial charge in [0, 0.05) is 24.4 Å². The van der Waals surface area contributed by atoms with Crippen molar-refractivity contribution in [3.8, 4) is 0 Å². The Morgan fingerprint density at radius 1 is 1.42 bits per heavy atom. The minimum atomic E-state index is 0.356. The van der Waals surface area contributed by atoms with Crippen molar-refractivity contribution in [3.05, 3.63) is 17.0 Å². The molecule has 0 amide bonds. The zero-order valence-electron chi connectivity index (χ0n) is 12.7. The summed E-state index contributed by atoms with van der Waals surface area (Å²) in [7, 11) is 0. The third-order valence-corrected chi connectivity index (χ3v) is 3.79. The lowest BCUT2D eigenvalue weighted by Gasteiger charge is -2.11. The third kappa shape index (κ3) is 3.80. The predicted molar refractivity (Wildman–Crippen MR) is 77.2 cm³/mol. The highest BCUT2D eigenvalue weighted by atomic mass is 16.5. The number of hydrogen-bond donors (Lipinski definition) is 1. The molecule has 19 heavy (non-hydrogen) atoms. The number of ether oxygens (including phenoxy) is 1. The van der Waals surface area contributed by atoms with Crippen LogP contribution >= 0.6 is 0 Å². The Morgan fingerprint density at radius 2 is 2.21 bits per heavy atom. The molecule has 1 aliphatic rings. The Hall–Kier alpha value is -0.870. The number of nitrogens with zero attached hydrogens (tertiary/aromatic N) is 2. The number of nitrogens with one attached hydrogen (secondary N) is 1. The molecule has 1 aromatic heterocycles. The van der Waals surface area contributed by atoms with Gasteiger partial charge in [0.1, 0.15) is 0 Å². The van der Waals surface area contributed by atoms with Crippen molar-refractivity contribution in [2.24, 2.45) is 5.92 Å². The van der Waals surface area contributed by atoms with E-state index < -0.39 is 0 Å². The van der Waals surface area contributed by atoms with E-state index in [2.05, 4.69) is 42.8 Å². The van der Waals surface area contributed by atoms with Crippen LogP contribution in [0.15, 0.2) is 0 Å². The normalized spacial score (nSPS) is 19.5. The quantitative estimate of drug-likeness (QED) is 0.858. The smallest absolute Gasteiger partial charge is 0.0771 e. The highest BCUT2D eigenvalue weighted by molar-refractivity contribution is 5.24. The maximum absolute atomic E-state index is 5.70. The summed E-state index contributed by atoms with van der Waals surface area (Å²) in [6.07, 6.45) is 2.71. The van der Waals surface area contributed by atoms with Gasteiger partial charge in [0.2, 0.25) is 0 Å². The fourth-order valence-electron chi connectivity index (χ4n) is 2.63. The Kier molecular flexibility index (Phi) is 4.99. The van der Waals surface area contributed by atoms with Crippen molar-refractivity contribution in [2.45, 2.75) is 59.7 Å². The minimum Gasteiger partial charge on any atom is -0.376 e. The average molecular weight is 265 g/mol. The van der Waals surface area contributed by atoms with E-state index in [4.69, 9.17) is 4.74 Å². The molecule has 1 fully saturated rings. The van der Waals surface area contributed by atoms with Gasteiger partial charge in [0.05, 0.1) is 18.3 Å². The van der Waals surface area contributed by atoms with Gasteiger partial charge in [-0.2, -0.15) is 5.10 Å². The van der Waals surface area contributed by atoms with Crippen LogP contribution in [0, 0.1) is 19.8 Å². The first kappa shape index (κ1) is 14.5. The van der Waals surface area contributed by atoms with Gasteiger partial charge in [-0.25, -0.2) is 0 Å². The van der Waals surface area contributed by atoms with Crippen LogP contribution in [-0.2, 0) is 17.8 Å². The second-order valence-corrected chi connectivity index (χ2v) is 5.99. The molecular formula is C15H27N3O. The van der Waals surface area contributed by atoms with Gasteiger partial charge in [0.15, 0.2) is 0 Å². The summed E-state index contributed by atoms with van der Waals surface area (Å²) in [5.74, 6) is 0.683. The van der Waals surface area contributed by atoms with Gasteiger partial charge in [-0.15, -0.1) is 0 Å². The summed E-state index contributed by atoms with van der Waals surface area (Å²) in [4.78, 5) is 0. The summed E-state index contributed by atoms with van der Waals surface area (Å²) >= 11 is 0. The van der Waals surface area contributed by atoms with Crippen molar-refractivity contribution >= 4 is 0 Å². The van der Waals surface area contributed by atoms with E-state index in [1.807, 2.05) is 0 Å². The van der Waals surface area contributed by atoms with Crippen molar-refractivity contribution in [2.75, 3.05) is 13.2 Å². The van der Waals surface area contributed by atoms with Crippen LogP contribution in [0.1, 0.15) is 43.6 Å². The zero-order valence-corrected chi connectivity index (χ0v) is 12.7. The lowest BCUT2D eigenvalue weighted by atomic mass is 10.1. The van der Waals surface area contributed by atoms with E-state index in [-0.39, 0.29) is 0 Å². The first-order chi connectivity index (χ1) is 9.08. The Labute approximate surface area is 116 Å². The van der Waals surface area contributed by atoms with Crippen molar-refractivity contribution in [3.63, 3.8) is 0 Å². The van der Waals surface area contributed by atoms with E-state index in [1.54, 1.807) is 0 Å². The molecule has 1 N–H and O–H groups in total. The summed E-state index contributed by atoms with van der Waals surface area (Å²) in [5, 5.41) is 8.17. The van der Waals surface area contributed by atoms with E-state index >= 15 is 0 Å². The first-order valence-electron chi connectivity index (χ1n) is 7.43. The molecule has 0 bridgehead atoms. The van der Waals surface area contributed by atoms with Crippen LogP contribution in [-0.4, -0.2) is 29.0 Å². The van der Waals surface area contributed by atoms with Crippen LogP contribution in [0.3, 0.4) is 0 Å². The molecule has 2 heterocycles. The second-order valence-electron chi connectivity index (χ2n) is 5.99. The van der Waals surface area contributed by atoms with Gasteiger partial charge in [-0.3, -0.25) is 4.68 Å². The largest absolute Gasteiger partial charge is 0.376 e. The van der Waals surface area contributed by atoms with E-state index in [9.17, 15) is 0 Å². The molecule has 1 aliphatic heterocycles. The molecule has 1 saturated heterocycles. The van der Waals surface area contributed by atoms with Crippen molar-refractivity contribution in [1.82, 2.24) is 15.1 Å². The topological polar surface area (TPSA) is 39.1 Å². The second kappa shape index (κ2) is 6.53. The van der Waals surface area contributed by atoms with E-state index in [0.29, 0.717) is 12.0 Å². The summed E-state index contributed by atoms with van der Waals surface area (Å²) < 4.78 is 7.82. The molecule has 0 aliphatic carbocycles. The minimum absolute atomic E-state index is 0.356. The highest BCUT2D eigenvalue weighted by Gasteiger charge is 2.19. The molecule has 0 radical (unpaired) electrons. The van der Waals surface area contributed by atoms with E-state index in [0.717, 1.165) is 31.9 Å². The third-order valence-electron chi connectivity index (χ3n) is 3.79. The Balaban J connectivity index is 1.97. The Bertz CT molecular complexity index is 406. The van der Waals surface area contributed by atoms with Crippen LogP contribution in [0.2, 0.25) is 0 Å². The van der Waals surface area contributed by atoms with Crippen LogP contribution in [0.5, 0.6) is 0 Å². The monoisotopic (exact) mass is 265 g/mol. The average Bonchev–Trinajstić information content (AvgIpc) is 2.93.